The van der Waals surface area contributed by atoms with Gasteiger partial charge in [-0.15, -0.1) is 0 Å². The Hall–Kier alpha value is -0.610. The van der Waals surface area contributed by atoms with Gasteiger partial charge in [-0.2, -0.15) is 0 Å². The van der Waals surface area contributed by atoms with Gasteiger partial charge in [-0.05, 0) is 52.2 Å². The first kappa shape index (κ1) is 15.8. The maximum absolute atomic E-state index is 6.27. The molecule has 2 aromatic rings. The van der Waals surface area contributed by atoms with Gasteiger partial charge in [0.15, 0.2) is 0 Å². The molecular formula is C15H15BrCl2N2. The van der Waals surface area contributed by atoms with Crippen molar-refractivity contribution in [3.8, 4) is 0 Å². The summed E-state index contributed by atoms with van der Waals surface area (Å²) in [4.78, 5) is 4.22. The van der Waals surface area contributed by atoms with Gasteiger partial charge in [0.25, 0.3) is 0 Å². The van der Waals surface area contributed by atoms with Gasteiger partial charge < -0.3 is 5.32 Å². The number of halogens is 3. The molecule has 0 aliphatic heterocycles. The Kier molecular flexibility index (Phi) is 5.85. The first-order valence-electron chi connectivity index (χ1n) is 6.38. The fourth-order valence-electron chi connectivity index (χ4n) is 2.10. The number of rotatable bonds is 5. The molecule has 0 fully saturated rings. The van der Waals surface area contributed by atoms with Crippen molar-refractivity contribution in [1.82, 2.24) is 10.3 Å². The minimum absolute atomic E-state index is 0.154. The Labute approximate surface area is 137 Å². The summed E-state index contributed by atoms with van der Waals surface area (Å²) in [6.07, 6.45) is 4.42. The van der Waals surface area contributed by atoms with E-state index in [2.05, 4.69) is 39.2 Å². The van der Waals surface area contributed by atoms with Crippen molar-refractivity contribution in [2.45, 2.75) is 19.4 Å². The number of likely N-dealkylation sites (N-methyl/N-ethyl adjacent to an activating group) is 1. The number of hydrogen-bond donors (Lipinski definition) is 1. The van der Waals surface area contributed by atoms with Crippen molar-refractivity contribution in [1.29, 1.82) is 0 Å². The Morgan fingerprint density at radius 3 is 2.80 bits per heavy atom. The Balaban J connectivity index is 2.28. The van der Waals surface area contributed by atoms with Crippen LogP contribution in [0.15, 0.2) is 41.1 Å². The molecule has 1 atom stereocenters. The summed E-state index contributed by atoms with van der Waals surface area (Å²) in [7, 11) is 0. The molecule has 0 saturated carbocycles. The zero-order valence-corrected chi connectivity index (χ0v) is 14.1. The van der Waals surface area contributed by atoms with Crippen LogP contribution in [0.5, 0.6) is 0 Å². The highest BCUT2D eigenvalue weighted by atomic mass is 79.9. The molecule has 0 bridgehead atoms. The monoisotopic (exact) mass is 372 g/mol. The SMILES string of the molecule is CCNC(Cc1cccc(Cl)c1Cl)c1cncc(Br)c1. The maximum atomic E-state index is 6.27. The van der Waals surface area contributed by atoms with Crippen LogP contribution in [-0.2, 0) is 6.42 Å². The van der Waals surface area contributed by atoms with E-state index in [0.29, 0.717) is 10.0 Å². The molecule has 0 spiro atoms. The molecular weight excluding hydrogens is 359 g/mol. The second-order valence-electron chi connectivity index (χ2n) is 4.46. The van der Waals surface area contributed by atoms with Crippen molar-refractivity contribution in [3.05, 3.63) is 62.3 Å². The van der Waals surface area contributed by atoms with Crippen LogP contribution in [0.1, 0.15) is 24.1 Å². The molecule has 0 aliphatic rings. The van der Waals surface area contributed by atoms with Gasteiger partial charge in [-0.3, -0.25) is 4.98 Å². The van der Waals surface area contributed by atoms with E-state index in [1.165, 1.54) is 0 Å². The van der Waals surface area contributed by atoms with Crippen molar-refractivity contribution >= 4 is 39.1 Å². The Morgan fingerprint density at radius 2 is 2.10 bits per heavy atom. The molecule has 1 aromatic carbocycles. The van der Waals surface area contributed by atoms with Gasteiger partial charge in [0.2, 0.25) is 0 Å². The highest BCUT2D eigenvalue weighted by Gasteiger charge is 2.14. The third kappa shape index (κ3) is 3.95. The molecule has 0 amide bonds. The van der Waals surface area contributed by atoms with Crippen molar-refractivity contribution < 1.29 is 0 Å². The van der Waals surface area contributed by atoms with Crippen LogP contribution in [0.4, 0.5) is 0 Å². The van der Waals surface area contributed by atoms with E-state index in [4.69, 9.17) is 23.2 Å². The third-order valence-electron chi connectivity index (χ3n) is 3.03. The quantitative estimate of drug-likeness (QED) is 0.793. The zero-order chi connectivity index (χ0) is 14.5. The number of nitrogens with zero attached hydrogens (tertiary/aromatic N) is 1. The summed E-state index contributed by atoms with van der Waals surface area (Å²) < 4.78 is 0.968. The van der Waals surface area contributed by atoms with Crippen LogP contribution in [0.2, 0.25) is 10.0 Å². The summed E-state index contributed by atoms with van der Waals surface area (Å²) in [6.45, 7) is 2.95. The average Bonchev–Trinajstić information content (AvgIpc) is 2.43. The molecule has 1 N–H and O–H groups in total. The summed E-state index contributed by atoms with van der Waals surface area (Å²) in [5, 5.41) is 4.67. The Morgan fingerprint density at radius 1 is 1.30 bits per heavy atom. The molecule has 1 aromatic heterocycles. The highest BCUT2D eigenvalue weighted by molar-refractivity contribution is 9.10. The van der Waals surface area contributed by atoms with Crippen molar-refractivity contribution in [2.75, 3.05) is 6.54 Å². The fourth-order valence-corrected chi connectivity index (χ4v) is 2.88. The summed E-state index contributed by atoms with van der Waals surface area (Å²) >= 11 is 15.8. The van der Waals surface area contributed by atoms with Crippen LogP contribution >= 0.6 is 39.1 Å². The van der Waals surface area contributed by atoms with Crippen LogP contribution < -0.4 is 5.32 Å². The Bertz CT molecular complexity index is 590. The number of benzene rings is 1. The summed E-state index contributed by atoms with van der Waals surface area (Å²) in [6, 6.07) is 7.95. The van der Waals surface area contributed by atoms with E-state index >= 15 is 0 Å². The van der Waals surface area contributed by atoms with Gasteiger partial charge >= 0.3 is 0 Å². The van der Waals surface area contributed by atoms with Crippen molar-refractivity contribution in [3.63, 3.8) is 0 Å². The molecule has 2 nitrogen and oxygen atoms in total. The molecule has 5 heteroatoms. The first-order valence-corrected chi connectivity index (χ1v) is 7.93. The van der Waals surface area contributed by atoms with E-state index in [1.54, 1.807) is 12.3 Å². The minimum atomic E-state index is 0.154. The van der Waals surface area contributed by atoms with E-state index in [1.807, 2.05) is 18.3 Å². The summed E-state index contributed by atoms with van der Waals surface area (Å²) in [5.74, 6) is 0. The normalized spacial score (nSPS) is 12.4. The van der Waals surface area contributed by atoms with E-state index in [9.17, 15) is 0 Å². The highest BCUT2D eigenvalue weighted by Crippen LogP contribution is 2.29. The van der Waals surface area contributed by atoms with E-state index in [-0.39, 0.29) is 6.04 Å². The second-order valence-corrected chi connectivity index (χ2v) is 6.16. The van der Waals surface area contributed by atoms with Crippen LogP contribution in [0.25, 0.3) is 0 Å². The van der Waals surface area contributed by atoms with Gasteiger partial charge in [0.1, 0.15) is 0 Å². The largest absolute Gasteiger partial charge is 0.310 e. The molecule has 1 heterocycles. The third-order valence-corrected chi connectivity index (χ3v) is 4.33. The molecule has 20 heavy (non-hydrogen) atoms. The first-order chi connectivity index (χ1) is 9.61. The number of nitrogens with one attached hydrogen (secondary N) is 1. The van der Waals surface area contributed by atoms with E-state index < -0.39 is 0 Å². The molecule has 0 radical (unpaired) electrons. The lowest BCUT2D eigenvalue weighted by molar-refractivity contribution is 0.548. The average molecular weight is 374 g/mol. The second kappa shape index (κ2) is 7.41. The lowest BCUT2D eigenvalue weighted by Crippen LogP contribution is -2.23. The lowest BCUT2D eigenvalue weighted by Gasteiger charge is -2.19. The lowest BCUT2D eigenvalue weighted by atomic mass is 10.00. The summed E-state index contributed by atoms with van der Waals surface area (Å²) in [5.41, 5.74) is 2.15. The topological polar surface area (TPSA) is 24.9 Å². The van der Waals surface area contributed by atoms with Gasteiger partial charge in [0.05, 0.1) is 10.0 Å². The minimum Gasteiger partial charge on any atom is -0.310 e. The van der Waals surface area contributed by atoms with Crippen molar-refractivity contribution in [2.24, 2.45) is 0 Å². The van der Waals surface area contributed by atoms with E-state index in [0.717, 1.165) is 28.6 Å². The number of aromatic nitrogens is 1. The number of hydrogen-bond acceptors (Lipinski definition) is 2. The van der Waals surface area contributed by atoms with Gasteiger partial charge in [-0.1, -0.05) is 42.3 Å². The smallest absolute Gasteiger partial charge is 0.0624 e. The number of pyridine rings is 1. The van der Waals surface area contributed by atoms with Crippen LogP contribution in [0.3, 0.4) is 0 Å². The predicted octanol–water partition coefficient (Wildman–Crippen LogP) is 5.04. The molecule has 2 rings (SSSR count). The molecule has 0 saturated heterocycles. The van der Waals surface area contributed by atoms with Gasteiger partial charge in [-0.25, -0.2) is 0 Å². The standard InChI is InChI=1S/C15H15BrCl2N2/c1-2-20-14(11-6-12(16)9-19-8-11)7-10-4-3-5-13(17)15(10)18/h3-6,8-9,14,20H,2,7H2,1H3. The fraction of sp³-hybridized carbons (Fsp3) is 0.267. The van der Waals surface area contributed by atoms with Gasteiger partial charge in [0, 0.05) is 22.9 Å². The molecule has 1 unspecified atom stereocenters. The zero-order valence-electron chi connectivity index (χ0n) is 11.0. The maximum Gasteiger partial charge on any atom is 0.0624 e. The van der Waals surface area contributed by atoms with Crippen LogP contribution in [0, 0.1) is 0 Å². The molecule has 0 aliphatic carbocycles. The predicted molar refractivity (Wildman–Crippen MR) is 88.5 cm³/mol. The van der Waals surface area contributed by atoms with Crippen LogP contribution in [-0.4, -0.2) is 11.5 Å². The molecule has 106 valence electrons.